The summed E-state index contributed by atoms with van der Waals surface area (Å²) >= 11 is 0. The van der Waals surface area contributed by atoms with Gasteiger partial charge in [-0.2, -0.15) is 36.5 Å². The molecule has 0 bridgehead atoms. The van der Waals surface area contributed by atoms with Crippen molar-refractivity contribution in [3.63, 3.8) is 0 Å². The summed E-state index contributed by atoms with van der Waals surface area (Å²) in [6.45, 7) is 20.6. The van der Waals surface area contributed by atoms with Gasteiger partial charge in [0.25, 0.3) is 31.2 Å². The monoisotopic (exact) mass is 1250 g/mol. The third-order valence-electron chi connectivity index (χ3n) is 13.2. The van der Waals surface area contributed by atoms with Crippen LogP contribution in [0, 0.1) is 27.0 Å². The molecule has 0 radical (unpaired) electrons. The molecule has 0 saturated heterocycles. The molecule has 4 aromatic carbocycles. The number of amides is 2. The number of nitrogens with one attached hydrogen (secondary N) is 2. The van der Waals surface area contributed by atoms with Crippen LogP contribution in [0.5, 0.6) is 0 Å². The van der Waals surface area contributed by atoms with Gasteiger partial charge in [0.2, 0.25) is 11.8 Å². The van der Waals surface area contributed by atoms with E-state index in [2.05, 4.69) is 19.9 Å². The van der Waals surface area contributed by atoms with Gasteiger partial charge < -0.3 is 1.43 Å². The first-order valence-electron chi connectivity index (χ1n) is 25.7. The minimum absolute atomic E-state index is 0. The van der Waals surface area contributed by atoms with Crippen molar-refractivity contribution < 1.29 is 83.8 Å². The Morgan fingerprint density at radius 1 is 0.563 bits per heavy atom. The first-order valence-corrected chi connectivity index (χ1v) is 28.6. The summed E-state index contributed by atoms with van der Waals surface area (Å²) in [5, 5.41) is 8.32. The molecule has 8 rings (SSSR count). The number of hydrogen-bond acceptors (Lipinski definition) is 12. The Kier molecular flexibility index (Phi) is 20.7. The van der Waals surface area contributed by atoms with Crippen molar-refractivity contribution in [3.8, 4) is 45.3 Å². The number of unbranched alkanes of at least 4 members (excludes halogenated alkanes) is 2. The van der Waals surface area contributed by atoms with E-state index in [1.165, 1.54) is 74.5 Å². The molecule has 0 saturated carbocycles. The number of carbonyl (C=O) groups is 2. The molecule has 450 valence electrons. The fourth-order valence-electron chi connectivity index (χ4n) is 8.86. The molecular formula is C56H51F6N12NaO10S2. The van der Waals surface area contributed by atoms with Crippen LogP contribution in [0.1, 0.15) is 76.3 Å². The van der Waals surface area contributed by atoms with Crippen molar-refractivity contribution in [1.29, 1.82) is 0 Å². The van der Waals surface area contributed by atoms with Crippen molar-refractivity contribution in [3.05, 3.63) is 196 Å². The first-order chi connectivity index (χ1) is 40.4. The zero-order valence-corrected chi connectivity index (χ0v) is 50.9. The Morgan fingerprint density at radius 2 is 0.897 bits per heavy atom. The summed E-state index contributed by atoms with van der Waals surface area (Å²) in [4.78, 5) is 84.1. The van der Waals surface area contributed by atoms with Crippen LogP contribution in [0.2, 0.25) is 0 Å². The predicted octanol–water partition coefficient (Wildman–Crippen LogP) is 5.64. The summed E-state index contributed by atoms with van der Waals surface area (Å²) in [6.07, 6.45) is -5.69. The van der Waals surface area contributed by atoms with Crippen molar-refractivity contribution >= 4 is 43.2 Å². The van der Waals surface area contributed by atoms with Gasteiger partial charge in [-0.05, 0) is 87.4 Å². The molecule has 22 nitrogen and oxygen atoms in total. The predicted molar refractivity (Wildman–Crippen MR) is 302 cm³/mol. The Bertz CT molecular complexity index is 4280. The maximum Gasteiger partial charge on any atom is 1.00 e. The Morgan fingerprint density at radius 3 is 1.20 bits per heavy atom. The number of aromatic nitrogens is 8. The molecule has 2 amide bonds. The average molecular weight is 1250 g/mol. The molecule has 0 unspecified atom stereocenters. The van der Waals surface area contributed by atoms with Gasteiger partial charge >= 0.3 is 53.3 Å². The van der Waals surface area contributed by atoms with E-state index in [9.17, 15) is 71.9 Å². The van der Waals surface area contributed by atoms with Gasteiger partial charge in [-0.25, -0.2) is 54.9 Å². The SMILES string of the molecule is [C-]#[N+]c1ccc(-n2ncc(S(=O)(=O)NC(=O)CCCC)c2-c2c(C)n(-c3cccc(C(F)(F)F)c3)c(=O)n(C)c2=O)cc1.[C-]#[N+]c1ccc(-n2ncc(S(=O)(=O)NC(=O)CCCC)c2-c2c(C)n(-c3cccc(C(F)(F)F)c3)c(=O)n(C)c2=O)cc1.[H-].[Na+]. The number of carbonyl (C=O) groups excluding carboxylic acids is 2. The fraction of sp³-hybridized carbons (Fsp3) is 0.250. The summed E-state index contributed by atoms with van der Waals surface area (Å²) in [7, 11) is -7.09. The number of rotatable bonds is 16. The molecule has 0 fully saturated rings. The molecular weight excluding hydrogens is 1200 g/mol. The maximum absolute atomic E-state index is 13.7. The van der Waals surface area contributed by atoms with Gasteiger partial charge in [-0.15, -0.1) is 0 Å². The van der Waals surface area contributed by atoms with Crippen molar-refractivity contribution in [2.45, 2.75) is 88.4 Å². The molecule has 87 heavy (non-hydrogen) atoms. The molecule has 31 heteroatoms. The topological polar surface area (TPSA) is 259 Å². The van der Waals surface area contributed by atoms with E-state index >= 15 is 0 Å². The standard InChI is InChI=1S/2C28H25F3N6O5S.Na.H/c2*1-5-6-10-23(38)34-43(41,42)22-16-33-37(20-13-11-19(32-3)12-14-20)25(22)24-17(2)36(27(40)35(4)26(24)39)21-9-7-8-18(15-21)28(29,30)31;;/h2*7-9,11-16H,5-6,10H2,1-2,4H3,(H,34,38);;/q;;+1;-1. The van der Waals surface area contributed by atoms with Crippen LogP contribution in [0.25, 0.3) is 55.0 Å². The summed E-state index contributed by atoms with van der Waals surface area (Å²) in [5.41, 5.74) is -7.22. The van der Waals surface area contributed by atoms with Crippen LogP contribution in [-0.2, 0) is 56.1 Å². The average Bonchev–Trinajstić information content (AvgIpc) is 1.94. The molecule has 8 aromatic rings. The zero-order chi connectivity index (χ0) is 63.4. The molecule has 0 aliphatic heterocycles. The first kappa shape index (κ1) is 67.2. The van der Waals surface area contributed by atoms with Crippen LogP contribution in [0.3, 0.4) is 0 Å². The van der Waals surface area contributed by atoms with Gasteiger partial charge in [-0.1, -0.05) is 63.1 Å². The van der Waals surface area contributed by atoms with Crippen molar-refractivity contribution in [2.75, 3.05) is 0 Å². The van der Waals surface area contributed by atoms with Crippen molar-refractivity contribution in [2.24, 2.45) is 14.1 Å². The van der Waals surface area contributed by atoms with Gasteiger partial charge in [0.15, 0.2) is 11.4 Å². The fourth-order valence-corrected chi connectivity index (χ4v) is 11.1. The minimum Gasteiger partial charge on any atom is -1.00 e. The number of benzene rings is 4. The van der Waals surface area contributed by atoms with Crippen LogP contribution < -0.4 is 61.5 Å². The normalized spacial score (nSPS) is 11.6. The van der Waals surface area contributed by atoms with Crippen LogP contribution >= 0.6 is 0 Å². The third kappa shape index (κ3) is 14.2. The number of nitrogens with zero attached hydrogens (tertiary/aromatic N) is 10. The van der Waals surface area contributed by atoms with E-state index in [4.69, 9.17) is 13.1 Å². The molecule has 4 aromatic heterocycles. The van der Waals surface area contributed by atoms with Crippen LogP contribution in [0.15, 0.2) is 138 Å². The van der Waals surface area contributed by atoms with Crippen LogP contribution in [0.4, 0.5) is 37.7 Å². The van der Waals surface area contributed by atoms with Gasteiger partial charge in [0.05, 0.1) is 70.5 Å². The van der Waals surface area contributed by atoms with E-state index in [0.29, 0.717) is 34.8 Å². The van der Waals surface area contributed by atoms with E-state index in [1.54, 1.807) is 0 Å². The second kappa shape index (κ2) is 26.8. The quantitative estimate of drug-likeness (QED) is 0.0677. The number of sulfonamides is 2. The molecule has 0 atom stereocenters. The largest absolute Gasteiger partial charge is 1.00 e. The number of halogens is 6. The number of hydrogen-bond donors (Lipinski definition) is 2. The molecule has 0 aliphatic carbocycles. The minimum atomic E-state index is -4.73. The van der Waals surface area contributed by atoms with Gasteiger partial charge in [0, 0.05) is 38.3 Å². The summed E-state index contributed by atoms with van der Waals surface area (Å²) in [6, 6.07) is 19.3. The zero-order valence-electron chi connectivity index (χ0n) is 48.3. The molecule has 2 N–H and O–H groups in total. The third-order valence-corrected chi connectivity index (χ3v) is 16.0. The summed E-state index contributed by atoms with van der Waals surface area (Å²) in [5.74, 6) is -1.58. The van der Waals surface area contributed by atoms with Crippen molar-refractivity contribution in [1.82, 2.24) is 47.3 Å². The number of alkyl halides is 6. The smallest absolute Gasteiger partial charge is 1.00 e. The Hall–Kier alpha value is -8.94. The maximum atomic E-state index is 13.7. The summed E-state index contributed by atoms with van der Waals surface area (Å²) < 4.78 is 144. The van der Waals surface area contributed by atoms with Gasteiger partial charge in [-0.3, -0.25) is 37.4 Å². The van der Waals surface area contributed by atoms with E-state index in [1.807, 2.05) is 23.3 Å². The second-order valence-corrected chi connectivity index (χ2v) is 22.3. The molecule has 0 aliphatic rings. The Balaban J connectivity index is 0.000000313. The van der Waals surface area contributed by atoms with E-state index in [-0.39, 0.29) is 112 Å². The molecule has 0 spiro atoms. The Labute approximate surface area is 515 Å². The van der Waals surface area contributed by atoms with Crippen LogP contribution in [-0.4, -0.2) is 66.5 Å². The second-order valence-electron chi connectivity index (χ2n) is 19.0. The van der Waals surface area contributed by atoms with Gasteiger partial charge in [0.1, 0.15) is 21.2 Å². The molecule has 4 heterocycles. The van der Waals surface area contributed by atoms with E-state index in [0.717, 1.165) is 81.4 Å². The van der Waals surface area contributed by atoms with E-state index < -0.39 is 87.6 Å².